The highest BCUT2D eigenvalue weighted by Gasteiger charge is 2.23. The van der Waals surface area contributed by atoms with Gasteiger partial charge in [-0.3, -0.25) is 10.1 Å². The highest BCUT2D eigenvalue weighted by Crippen LogP contribution is 2.23. The molecule has 0 spiro atoms. The minimum Gasteiger partial charge on any atom is -0.318 e. The molecule has 2 N–H and O–H groups in total. The molecular formula is C17H17N3O2. The summed E-state index contributed by atoms with van der Waals surface area (Å²) in [7, 11) is 0. The molecule has 2 heterocycles. The second-order valence-electron chi connectivity index (χ2n) is 5.47. The number of carbonyl (C=O) groups is 2. The van der Waals surface area contributed by atoms with Crippen LogP contribution in [0.3, 0.4) is 0 Å². The average Bonchev–Trinajstić information content (AvgIpc) is 2.90. The molecule has 3 amide bonds. The molecule has 0 aliphatic carbocycles. The maximum Gasteiger partial charge on any atom is 0.326 e. The number of amides is 3. The van der Waals surface area contributed by atoms with Crippen molar-refractivity contribution in [3.8, 4) is 5.69 Å². The first-order valence-electron chi connectivity index (χ1n) is 7.06. The van der Waals surface area contributed by atoms with Gasteiger partial charge in [-0.25, -0.2) is 4.79 Å². The van der Waals surface area contributed by atoms with E-state index in [1.807, 2.05) is 32.0 Å². The molecule has 0 radical (unpaired) electrons. The Morgan fingerprint density at radius 1 is 1.05 bits per heavy atom. The first kappa shape index (κ1) is 14.1. The number of hydrogen-bond donors (Lipinski definition) is 2. The fourth-order valence-electron chi connectivity index (χ4n) is 2.74. The molecular weight excluding hydrogens is 278 g/mol. The van der Waals surface area contributed by atoms with Crippen LogP contribution in [0.15, 0.2) is 36.0 Å². The van der Waals surface area contributed by atoms with Crippen LogP contribution in [0.25, 0.3) is 11.8 Å². The lowest BCUT2D eigenvalue weighted by Gasteiger charge is -2.10. The minimum absolute atomic E-state index is 0.273. The summed E-state index contributed by atoms with van der Waals surface area (Å²) in [5.41, 5.74) is 5.54. The Morgan fingerprint density at radius 2 is 1.82 bits per heavy atom. The molecule has 0 bridgehead atoms. The number of nitrogens with zero attached hydrogens (tertiary/aromatic N) is 1. The van der Waals surface area contributed by atoms with Gasteiger partial charge in [0.2, 0.25) is 0 Å². The van der Waals surface area contributed by atoms with Crippen molar-refractivity contribution in [2.24, 2.45) is 0 Å². The fraction of sp³-hybridized carbons (Fsp3) is 0.176. The Balaban J connectivity index is 2.06. The summed E-state index contributed by atoms with van der Waals surface area (Å²) in [5.74, 6) is -0.398. The summed E-state index contributed by atoms with van der Waals surface area (Å²) in [6.07, 6.45) is 1.70. The highest BCUT2D eigenvalue weighted by molar-refractivity contribution is 6.14. The van der Waals surface area contributed by atoms with E-state index in [0.717, 1.165) is 22.6 Å². The Kier molecular flexibility index (Phi) is 3.33. The topological polar surface area (TPSA) is 63.1 Å². The molecule has 0 atom stereocenters. The van der Waals surface area contributed by atoms with Crippen LogP contribution >= 0.6 is 0 Å². The van der Waals surface area contributed by atoms with E-state index in [1.54, 1.807) is 6.08 Å². The van der Waals surface area contributed by atoms with Gasteiger partial charge in [0.1, 0.15) is 5.70 Å². The second kappa shape index (κ2) is 5.18. The quantitative estimate of drug-likeness (QED) is 0.660. The number of aromatic nitrogens is 1. The van der Waals surface area contributed by atoms with Crippen LogP contribution < -0.4 is 10.6 Å². The van der Waals surface area contributed by atoms with Crippen LogP contribution in [-0.4, -0.2) is 16.5 Å². The van der Waals surface area contributed by atoms with Crippen LogP contribution in [-0.2, 0) is 4.79 Å². The van der Waals surface area contributed by atoms with E-state index < -0.39 is 11.9 Å². The highest BCUT2D eigenvalue weighted by atomic mass is 16.2. The largest absolute Gasteiger partial charge is 0.326 e. The number of hydrogen-bond acceptors (Lipinski definition) is 2. The summed E-state index contributed by atoms with van der Waals surface area (Å²) >= 11 is 0. The summed E-state index contributed by atoms with van der Waals surface area (Å²) < 4.78 is 2.13. The van der Waals surface area contributed by atoms with E-state index in [2.05, 4.69) is 34.3 Å². The zero-order chi connectivity index (χ0) is 15.9. The van der Waals surface area contributed by atoms with Crippen molar-refractivity contribution in [1.29, 1.82) is 0 Å². The Labute approximate surface area is 128 Å². The van der Waals surface area contributed by atoms with Gasteiger partial charge >= 0.3 is 6.03 Å². The smallest absolute Gasteiger partial charge is 0.318 e. The lowest BCUT2D eigenvalue weighted by Crippen LogP contribution is -2.22. The summed E-state index contributed by atoms with van der Waals surface area (Å²) in [5, 5.41) is 4.71. The number of urea groups is 1. The van der Waals surface area contributed by atoms with Gasteiger partial charge in [0.25, 0.3) is 5.91 Å². The van der Waals surface area contributed by atoms with Crippen LogP contribution in [0.4, 0.5) is 4.79 Å². The van der Waals surface area contributed by atoms with Gasteiger partial charge in [-0.1, -0.05) is 12.1 Å². The summed E-state index contributed by atoms with van der Waals surface area (Å²) in [6.45, 7) is 6.07. The molecule has 1 saturated heterocycles. The SMILES string of the molecule is Cc1cccc(-n2c(C)cc(C=C3NC(=O)NC3=O)c2C)c1. The van der Waals surface area contributed by atoms with Gasteiger partial charge < -0.3 is 9.88 Å². The zero-order valence-electron chi connectivity index (χ0n) is 12.7. The van der Waals surface area contributed by atoms with Gasteiger partial charge in [0.05, 0.1) is 0 Å². The van der Waals surface area contributed by atoms with Crippen molar-refractivity contribution in [1.82, 2.24) is 15.2 Å². The number of aryl methyl sites for hydroxylation is 2. The molecule has 1 aliphatic heterocycles. The number of nitrogens with one attached hydrogen (secondary N) is 2. The molecule has 3 rings (SSSR count). The predicted octanol–water partition coefficient (Wildman–Crippen LogP) is 2.58. The predicted molar refractivity (Wildman–Crippen MR) is 84.6 cm³/mol. The number of benzene rings is 1. The van der Waals surface area contributed by atoms with E-state index >= 15 is 0 Å². The maximum atomic E-state index is 11.6. The monoisotopic (exact) mass is 295 g/mol. The summed E-state index contributed by atoms with van der Waals surface area (Å²) in [6, 6.07) is 9.76. The minimum atomic E-state index is -0.483. The van der Waals surface area contributed by atoms with Gasteiger partial charge in [0, 0.05) is 17.1 Å². The number of rotatable bonds is 2. The van der Waals surface area contributed by atoms with Crippen molar-refractivity contribution in [2.75, 3.05) is 0 Å². The zero-order valence-corrected chi connectivity index (χ0v) is 12.7. The normalized spacial score (nSPS) is 16.0. The maximum absolute atomic E-state index is 11.6. The van der Waals surface area contributed by atoms with Crippen LogP contribution in [0.2, 0.25) is 0 Å². The summed E-state index contributed by atoms with van der Waals surface area (Å²) in [4.78, 5) is 22.8. The first-order chi connectivity index (χ1) is 10.5. The molecule has 112 valence electrons. The van der Waals surface area contributed by atoms with Crippen molar-refractivity contribution in [3.63, 3.8) is 0 Å². The average molecular weight is 295 g/mol. The Bertz CT molecular complexity index is 815. The van der Waals surface area contributed by atoms with Gasteiger partial charge in [0.15, 0.2) is 0 Å². The van der Waals surface area contributed by atoms with Crippen molar-refractivity contribution < 1.29 is 9.59 Å². The lowest BCUT2D eigenvalue weighted by molar-refractivity contribution is -0.115. The van der Waals surface area contributed by atoms with Gasteiger partial charge in [-0.05, 0) is 56.2 Å². The standard InChI is InChI=1S/C17H17N3O2/c1-10-5-4-6-14(7-10)20-11(2)8-13(12(20)3)9-15-16(21)19-17(22)18-15/h4-9H,1-3H3,(H2,18,19,21,22). The van der Waals surface area contributed by atoms with Crippen molar-refractivity contribution >= 4 is 18.0 Å². The second-order valence-corrected chi connectivity index (χ2v) is 5.47. The lowest BCUT2D eigenvalue weighted by atomic mass is 10.2. The van der Waals surface area contributed by atoms with E-state index in [0.29, 0.717) is 0 Å². The molecule has 1 aromatic heterocycles. The number of carbonyl (C=O) groups excluding carboxylic acids is 2. The van der Waals surface area contributed by atoms with Gasteiger partial charge in [-0.15, -0.1) is 0 Å². The molecule has 1 fully saturated rings. The van der Waals surface area contributed by atoms with E-state index in [-0.39, 0.29) is 5.70 Å². The first-order valence-corrected chi connectivity index (χ1v) is 7.06. The fourth-order valence-corrected chi connectivity index (χ4v) is 2.74. The van der Waals surface area contributed by atoms with Crippen molar-refractivity contribution in [2.45, 2.75) is 20.8 Å². The molecule has 1 aromatic carbocycles. The van der Waals surface area contributed by atoms with Crippen LogP contribution in [0.5, 0.6) is 0 Å². The molecule has 0 unspecified atom stereocenters. The van der Waals surface area contributed by atoms with E-state index in [4.69, 9.17) is 0 Å². The Morgan fingerprint density at radius 3 is 2.45 bits per heavy atom. The molecule has 5 heteroatoms. The van der Waals surface area contributed by atoms with Crippen LogP contribution in [0.1, 0.15) is 22.5 Å². The van der Waals surface area contributed by atoms with E-state index in [1.165, 1.54) is 5.56 Å². The number of imide groups is 1. The molecule has 2 aromatic rings. The van der Waals surface area contributed by atoms with Crippen molar-refractivity contribution in [3.05, 3.63) is 58.5 Å². The molecule has 1 aliphatic rings. The third-order valence-corrected chi connectivity index (χ3v) is 3.75. The third-order valence-electron chi connectivity index (χ3n) is 3.75. The third kappa shape index (κ3) is 2.41. The molecule has 0 saturated carbocycles. The van der Waals surface area contributed by atoms with Gasteiger partial charge in [-0.2, -0.15) is 0 Å². The molecule has 5 nitrogen and oxygen atoms in total. The van der Waals surface area contributed by atoms with E-state index in [9.17, 15) is 9.59 Å². The van der Waals surface area contributed by atoms with Crippen LogP contribution in [0, 0.1) is 20.8 Å². The molecule has 22 heavy (non-hydrogen) atoms. The Hall–Kier alpha value is -2.82.